The maximum Gasteiger partial charge on any atom is 0.248 e. The average Bonchev–Trinajstić information content (AvgIpc) is 2.60. The average molecular weight is 408 g/mol. The summed E-state index contributed by atoms with van der Waals surface area (Å²) in [6.07, 6.45) is 3.04. The van der Waals surface area contributed by atoms with Crippen LogP contribution in [0.1, 0.15) is 5.56 Å². The first kappa shape index (κ1) is 21.0. The van der Waals surface area contributed by atoms with Gasteiger partial charge < -0.3 is 10.2 Å². The molecule has 0 aromatic heterocycles. The standard InChI is InChI=1S/C19H22ClN3O3S/c1-22(2)18-11-10-16(27(25,26)23(3)4)13-17(18)21-19(24)12-7-14-5-8-15(20)9-6-14/h5-13H,1-4H3,(H,21,24)/b12-7+. The molecule has 1 amide bonds. The lowest BCUT2D eigenvalue weighted by Crippen LogP contribution is -2.23. The molecule has 2 aromatic rings. The van der Waals surface area contributed by atoms with Crippen LogP contribution in [0.4, 0.5) is 11.4 Å². The van der Waals surface area contributed by atoms with Crippen LogP contribution in [0.3, 0.4) is 0 Å². The Morgan fingerprint density at radius 1 is 1.04 bits per heavy atom. The summed E-state index contributed by atoms with van der Waals surface area (Å²) in [6.45, 7) is 0. The van der Waals surface area contributed by atoms with Gasteiger partial charge in [-0.3, -0.25) is 4.79 Å². The predicted octanol–water partition coefficient (Wildman–Crippen LogP) is 3.31. The van der Waals surface area contributed by atoms with Crippen LogP contribution in [0, 0.1) is 0 Å². The zero-order valence-electron chi connectivity index (χ0n) is 15.6. The Balaban J connectivity index is 2.29. The smallest absolute Gasteiger partial charge is 0.248 e. The van der Waals surface area contributed by atoms with Gasteiger partial charge in [-0.15, -0.1) is 0 Å². The number of nitrogens with zero attached hydrogens (tertiary/aromatic N) is 2. The van der Waals surface area contributed by atoms with Gasteiger partial charge in [0, 0.05) is 39.3 Å². The first-order valence-electron chi connectivity index (χ1n) is 8.10. The minimum atomic E-state index is -3.60. The molecule has 2 aromatic carbocycles. The van der Waals surface area contributed by atoms with Crippen molar-refractivity contribution in [1.82, 2.24) is 4.31 Å². The van der Waals surface area contributed by atoms with E-state index in [4.69, 9.17) is 11.6 Å². The van der Waals surface area contributed by atoms with Crippen molar-refractivity contribution in [3.05, 3.63) is 59.1 Å². The van der Waals surface area contributed by atoms with E-state index in [-0.39, 0.29) is 10.8 Å². The van der Waals surface area contributed by atoms with E-state index < -0.39 is 10.0 Å². The molecular formula is C19H22ClN3O3S. The molecule has 1 N–H and O–H groups in total. The highest BCUT2D eigenvalue weighted by Crippen LogP contribution is 2.28. The minimum Gasteiger partial charge on any atom is -0.376 e. The number of anilines is 2. The van der Waals surface area contributed by atoms with Crippen molar-refractivity contribution in [2.45, 2.75) is 4.90 Å². The normalized spacial score (nSPS) is 11.8. The summed E-state index contributed by atoms with van der Waals surface area (Å²) in [4.78, 5) is 14.2. The maximum atomic E-state index is 12.4. The lowest BCUT2D eigenvalue weighted by molar-refractivity contribution is -0.111. The highest BCUT2D eigenvalue weighted by atomic mass is 35.5. The van der Waals surface area contributed by atoms with Crippen LogP contribution in [0.25, 0.3) is 6.08 Å². The lowest BCUT2D eigenvalue weighted by atomic mass is 10.2. The minimum absolute atomic E-state index is 0.107. The van der Waals surface area contributed by atoms with E-state index in [1.807, 2.05) is 14.1 Å². The maximum absolute atomic E-state index is 12.4. The van der Waals surface area contributed by atoms with Gasteiger partial charge in [0.1, 0.15) is 0 Å². The van der Waals surface area contributed by atoms with Gasteiger partial charge in [-0.2, -0.15) is 0 Å². The first-order chi connectivity index (χ1) is 12.6. The van der Waals surface area contributed by atoms with Crippen LogP contribution in [-0.4, -0.2) is 46.8 Å². The van der Waals surface area contributed by atoms with Crippen LogP contribution in [0.15, 0.2) is 53.4 Å². The monoisotopic (exact) mass is 407 g/mol. The predicted molar refractivity (Wildman–Crippen MR) is 111 cm³/mol. The van der Waals surface area contributed by atoms with Crippen molar-refractivity contribution < 1.29 is 13.2 Å². The molecule has 0 aliphatic heterocycles. The molecule has 27 heavy (non-hydrogen) atoms. The number of benzene rings is 2. The fourth-order valence-electron chi connectivity index (χ4n) is 2.30. The Kier molecular flexibility index (Phi) is 6.64. The highest BCUT2D eigenvalue weighted by Gasteiger charge is 2.19. The number of halogens is 1. The summed E-state index contributed by atoms with van der Waals surface area (Å²) >= 11 is 5.84. The third-order valence-electron chi connectivity index (χ3n) is 3.78. The molecule has 0 radical (unpaired) electrons. The topological polar surface area (TPSA) is 69.7 Å². The SMILES string of the molecule is CN(C)c1ccc(S(=O)(=O)N(C)C)cc1NC(=O)/C=C/c1ccc(Cl)cc1. The molecular weight excluding hydrogens is 386 g/mol. The number of hydrogen-bond donors (Lipinski definition) is 1. The van der Waals surface area contributed by atoms with Gasteiger partial charge in [0.25, 0.3) is 0 Å². The second-order valence-electron chi connectivity index (χ2n) is 6.23. The Hall–Kier alpha value is -2.35. The van der Waals surface area contributed by atoms with Crippen LogP contribution in [0.2, 0.25) is 5.02 Å². The zero-order chi connectivity index (χ0) is 20.2. The molecule has 8 heteroatoms. The second-order valence-corrected chi connectivity index (χ2v) is 8.82. The third kappa shape index (κ3) is 5.32. The van der Waals surface area contributed by atoms with Crippen LogP contribution in [0.5, 0.6) is 0 Å². The summed E-state index contributed by atoms with van der Waals surface area (Å²) in [5, 5.41) is 3.37. The van der Waals surface area contributed by atoms with Crippen LogP contribution in [-0.2, 0) is 14.8 Å². The molecule has 144 valence electrons. The third-order valence-corrected chi connectivity index (χ3v) is 5.85. The lowest BCUT2D eigenvalue weighted by Gasteiger charge is -2.19. The summed E-state index contributed by atoms with van der Waals surface area (Å²) in [5.41, 5.74) is 1.93. The number of carbonyl (C=O) groups is 1. The number of amides is 1. The fraction of sp³-hybridized carbons (Fsp3) is 0.211. The number of rotatable bonds is 6. The first-order valence-corrected chi connectivity index (χ1v) is 9.91. The Bertz CT molecular complexity index is 953. The van der Waals surface area contributed by atoms with Crippen molar-refractivity contribution in [1.29, 1.82) is 0 Å². The van der Waals surface area contributed by atoms with Gasteiger partial charge in [0.05, 0.1) is 16.3 Å². The van der Waals surface area contributed by atoms with Gasteiger partial charge in [-0.1, -0.05) is 23.7 Å². The molecule has 0 atom stereocenters. The van der Waals surface area contributed by atoms with Crippen molar-refractivity contribution in [2.75, 3.05) is 38.4 Å². The Labute approximate surface area is 165 Å². The van der Waals surface area contributed by atoms with Gasteiger partial charge in [-0.25, -0.2) is 12.7 Å². The molecule has 0 saturated heterocycles. The molecule has 0 bridgehead atoms. The largest absolute Gasteiger partial charge is 0.376 e. The summed E-state index contributed by atoms with van der Waals surface area (Å²) < 4.78 is 25.9. The van der Waals surface area contributed by atoms with E-state index in [9.17, 15) is 13.2 Å². The van der Waals surface area contributed by atoms with Crippen molar-refractivity contribution in [3.63, 3.8) is 0 Å². The van der Waals surface area contributed by atoms with E-state index in [0.717, 1.165) is 9.87 Å². The summed E-state index contributed by atoms with van der Waals surface area (Å²) in [5.74, 6) is -0.368. The van der Waals surface area contributed by atoms with E-state index in [1.54, 1.807) is 41.3 Å². The van der Waals surface area contributed by atoms with E-state index in [0.29, 0.717) is 16.4 Å². The van der Waals surface area contributed by atoms with Gasteiger partial charge in [0.2, 0.25) is 15.9 Å². The van der Waals surface area contributed by atoms with Gasteiger partial charge >= 0.3 is 0 Å². The summed E-state index contributed by atoms with van der Waals surface area (Å²) in [6, 6.07) is 11.7. The molecule has 0 unspecified atom stereocenters. The van der Waals surface area contributed by atoms with E-state index in [1.165, 1.54) is 32.3 Å². The molecule has 6 nitrogen and oxygen atoms in total. The fourth-order valence-corrected chi connectivity index (χ4v) is 3.35. The van der Waals surface area contributed by atoms with Crippen LogP contribution < -0.4 is 10.2 Å². The van der Waals surface area contributed by atoms with E-state index in [2.05, 4.69) is 5.32 Å². The molecule has 0 spiro atoms. The molecule has 0 saturated carbocycles. The Morgan fingerprint density at radius 3 is 2.22 bits per heavy atom. The van der Waals surface area contributed by atoms with Gasteiger partial charge in [0.15, 0.2) is 0 Å². The molecule has 0 aliphatic rings. The molecule has 0 heterocycles. The Morgan fingerprint density at radius 2 is 1.67 bits per heavy atom. The number of nitrogens with one attached hydrogen (secondary N) is 1. The molecule has 0 fully saturated rings. The summed E-state index contributed by atoms with van der Waals surface area (Å²) in [7, 11) is 2.95. The van der Waals surface area contributed by atoms with Crippen molar-refractivity contribution >= 4 is 45.0 Å². The number of carbonyl (C=O) groups excluding carboxylic acids is 1. The van der Waals surface area contributed by atoms with Crippen LogP contribution >= 0.6 is 11.6 Å². The molecule has 2 rings (SSSR count). The van der Waals surface area contributed by atoms with Crippen molar-refractivity contribution in [3.8, 4) is 0 Å². The number of sulfonamides is 1. The van der Waals surface area contributed by atoms with Gasteiger partial charge in [-0.05, 0) is 42.0 Å². The molecule has 0 aliphatic carbocycles. The van der Waals surface area contributed by atoms with E-state index >= 15 is 0 Å². The zero-order valence-corrected chi connectivity index (χ0v) is 17.2. The highest BCUT2D eigenvalue weighted by molar-refractivity contribution is 7.89. The van der Waals surface area contributed by atoms with Crippen molar-refractivity contribution in [2.24, 2.45) is 0 Å². The number of hydrogen-bond acceptors (Lipinski definition) is 4. The second kappa shape index (κ2) is 8.56. The quantitative estimate of drug-likeness (QED) is 0.746.